The number of ether oxygens (including phenoxy) is 1. The molecule has 0 aliphatic carbocycles. The molecule has 0 saturated carbocycles. The molecular weight excluding hydrogens is 478 g/mol. The summed E-state index contributed by atoms with van der Waals surface area (Å²) in [6.07, 6.45) is 1.05. The average molecular weight is 516 g/mol. The molecule has 0 atom stereocenters. The number of morpholine rings is 1. The van der Waals surface area contributed by atoms with Crippen molar-refractivity contribution in [1.29, 1.82) is 0 Å². The Labute approximate surface area is 217 Å². The number of amides is 3. The SMILES string of the molecule is Cc1ccc(C(=O)N(CC(=O)Nc2nc(CC(=O)NCCCN3CCOCC3)cs2)CC(C)C)cc1. The lowest BCUT2D eigenvalue weighted by molar-refractivity contribution is -0.120. The molecule has 0 spiro atoms. The summed E-state index contributed by atoms with van der Waals surface area (Å²) in [5, 5.41) is 7.89. The van der Waals surface area contributed by atoms with Crippen LogP contribution in [0, 0.1) is 12.8 Å². The van der Waals surface area contributed by atoms with Crippen LogP contribution in [-0.2, 0) is 20.7 Å². The van der Waals surface area contributed by atoms with Gasteiger partial charge >= 0.3 is 0 Å². The van der Waals surface area contributed by atoms with Crippen molar-refractivity contribution < 1.29 is 19.1 Å². The Balaban J connectivity index is 1.44. The molecule has 0 bridgehead atoms. The van der Waals surface area contributed by atoms with E-state index in [0.29, 0.717) is 29.5 Å². The highest BCUT2D eigenvalue weighted by molar-refractivity contribution is 7.13. The minimum Gasteiger partial charge on any atom is -0.379 e. The third-order valence-electron chi connectivity index (χ3n) is 5.72. The summed E-state index contributed by atoms with van der Waals surface area (Å²) in [5.74, 6) is -0.369. The van der Waals surface area contributed by atoms with Gasteiger partial charge in [-0.15, -0.1) is 11.3 Å². The Kier molecular flexibility index (Phi) is 10.8. The summed E-state index contributed by atoms with van der Waals surface area (Å²) in [6.45, 7) is 11.4. The molecule has 36 heavy (non-hydrogen) atoms. The molecule has 0 radical (unpaired) electrons. The molecule has 1 aromatic heterocycles. The van der Waals surface area contributed by atoms with Crippen molar-refractivity contribution in [2.45, 2.75) is 33.6 Å². The smallest absolute Gasteiger partial charge is 0.254 e. The molecule has 1 aliphatic heterocycles. The van der Waals surface area contributed by atoms with Gasteiger partial charge in [0.25, 0.3) is 5.91 Å². The third kappa shape index (κ3) is 9.33. The highest BCUT2D eigenvalue weighted by atomic mass is 32.1. The topological polar surface area (TPSA) is 104 Å². The minimum atomic E-state index is -0.315. The zero-order valence-corrected chi connectivity index (χ0v) is 22.2. The first-order valence-electron chi connectivity index (χ1n) is 12.5. The zero-order chi connectivity index (χ0) is 25.9. The van der Waals surface area contributed by atoms with Crippen LogP contribution in [0.15, 0.2) is 29.6 Å². The number of aromatic nitrogens is 1. The van der Waals surface area contributed by atoms with Gasteiger partial charge in [0, 0.05) is 37.1 Å². The van der Waals surface area contributed by atoms with Crippen LogP contribution in [0.2, 0.25) is 0 Å². The van der Waals surface area contributed by atoms with Crippen LogP contribution in [0.25, 0.3) is 0 Å². The number of rotatable bonds is 12. The van der Waals surface area contributed by atoms with E-state index < -0.39 is 0 Å². The summed E-state index contributed by atoms with van der Waals surface area (Å²) < 4.78 is 5.34. The fourth-order valence-corrected chi connectivity index (χ4v) is 4.63. The minimum absolute atomic E-state index is 0.0660. The number of aryl methyl sites for hydroxylation is 1. The Hall–Kier alpha value is -2.82. The lowest BCUT2D eigenvalue weighted by Crippen LogP contribution is -2.40. The van der Waals surface area contributed by atoms with E-state index in [-0.39, 0.29) is 36.6 Å². The number of thiazole rings is 1. The van der Waals surface area contributed by atoms with Gasteiger partial charge in [0.05, 0.1) is 25.3 Å². The number of hydrogen-bond acceptors (Lipinski definition) is 7. The number of benzene rings is 1. The van der Waals surface area contributed by atoms with Crippen molar-refractivity contribution in [3.63, 3.8) is 0 Å². The molecule has 1 aliphatic rings. The molecule has 9 nitrogen and oxygen atoms in total. The predicted molar refractivity (Wildman–Crippen MR) is 141 cm³/mol. The first-order chi connectivity index (χ1) is 17.3. The van der Waals surface area contributed by atoms with E-state index in [4.69, 9.17) is 4.74 Å². The van der Waals surface area contributed by atoms with Crippen molar-refractivity contribution in [3.8, 4) is 0 Å². The van der Waals surface area contributed by atoms with Crippen molar-refractivity contribution in [1.82, 2.24) is 20.1 Å². The normalized spacial score (nSPS) is 14.0. The first kappa shape index (κ1) is 27.8. The summed E-state index contributed by atoms with van der Waals surface area (Å²) in [5.41, 5.74) is 2.23. The molecule has 3 rings (SSSR count). The average Bonchev–Trinajstić information content (AvgIpc) is 3.28. The lowest BCUT2D eigenvalue weighted by Gasteiger charge is -2.26. The Morgan fingerprint density at radius 3 is 2.56 bits per heavy atom. The molecule has 1 fully saturated rings. The molecule has 2 aromatic rings. The van der Waals surface area contributed by atoms with E-state index in [1.165, 1.54) is 11.3 Å². The van der Waals surface area contributed by atoms with Crippen LogP contribution < -0.4 is 10.6 Å². The van der Waals surface area contributed by atoms with E-state index >= 15 is 0 Å². The largest absolute Gasteiger partial charge is 0.379 e. The number of nitrogens with zero attached hydrogens (tertiary/aromatic N) is 3. The van der Waals surface area contributed by atoms with Crippen molar-refractivity contribution in [2.75, 3.05) is 57.8 Å². The van der Waals surface area contributed by atoms with Crippen LogP contribution in [0.5, 0.6) is 0 Å². The second kappa shape index (κ2) is 14.1. The van der Waals surface area contributed by atoms with E-state index in [1.807, 2.05) is 32.9 Å². The van der Waals surface area contributed by atoms with Crippen LogP contribution in [-0.4, -0.2) is 85.0 Å². The maximum atomic E-state index is 13.0. The predicted octanol–water partition coefficient (Wildman–Crippen LogP) is 2.57. The number of anilines is 1. The summed E-state index contributed by atoms with van der Waals surface area (Å²) >= 11 is 1.27. The maximum Gasteiger partial charge on any atom is 0.254 e. The summed E-state index contributed by atoms with van der Waals surface area (Å²) in [7, 11) is 0. The monoisotopic (exact) mass is 515 g/mol. The quantitative estimate of drug-likeness (QED) is 0.421. The van der Waals surface area contributed by atoms with Gasteiger partial charge in [-0.1, -0.05) is 31.5 Å². The van der Waals surface area contributed by atoms with Gasteiger partial charge in [0.15, 0.2) is 5.13 Å². The number of carbonyl (C=O) groups is 3. The second-order valence-corrected chi connectivity index (χ2v) is 10.3. The molecule has 10 heteroatoms. The van der Waals surface area contributed by atoms with Gasteiger partial charge in [0.2, 0.25) is 11.8 Å². The Bertz CT molecular complexity index is 1000. The Morgan fingerprint density at radius 2 is 1.86 bits per heavy atom. The second-order valence-electron chi connectivity index (χ2n) is 9.47. The molecule has 1 saturated heterocycles. The van der Waals surface area contributed by atoms with Gasteiger partial charge in [-0.25, -0.2) is 4.98 Å². The molecule has 196 valence electrons. The van der Waals surface area contributed by atoms with Crippen molar-refractivity contribution in [2.24, 2.45) is 5.92 Å². The van der Waals surface area contributed by atoms with Crippen LogP contribution >= 0.6 is 11.3 Å². The molecule has 2 N–H and O–H groups in total. The number of nitrogens with one attached hydrogen (secondary N) is 2. The molecular formula is C26H37N5O4S. The van der Waals surface area contributed by atoms with Crippen molar-refractivity contribution in [3.05, 3.63) is 46.5 Å². The van der Waals surface area contributed by atoms with Crippen LogP contribution in [0.4, 0.5) is 5.13 Å². The summed E-state index contributed by atoms with van der Waals surface area (Å²) in [4.78, 5) is 46.2. The molecule has 1 aromatic carbocycles. The number of carbonyl (C=O) groups excluding carboxylic acids is 3. The van der Waals surface area contributed by atoms with E-state index in [2.05, 4.69) is 20.5 Å². The Morgan fingerprint density at radius 1 is 1.14 bits per heavy atom. The first-order valence-corrected chi connectivity index (χ1v) is 13.3. The number of hydrogen-bond donors (Lipinski definition) is 2. The highest BCUT2D eigenvalue weighted by Crippen LogP contribution is 2.16. The van der Waals surface area contributed by atoms with E-state index in [9.17, 15) is 14.4 Å². The van der Waals surface area contributed by atoms with E-state index in [0.717, 1.165) is 44.8 Å². The van der Waals surface area contributed by atoms with Crippen molar-refractivity contribution >= 4 is 34.2 Å². The van der Waals surface area contributed by atoms with Gasteiger partial charge in [0.1, 0.15) is 6.54 Å². The highest BCUT2D eigenvalue weighted by Gasteiger charge is 2.21. The molecule has 3 amide bonds. The van der Waals surface area contributed by atoms with Gasteiger partial charge in [-0.05, 0) is 37.9 Å². The van der Waals surface area contributed by atoms with Gasteiger partial charge in [-0.2, -0.15) is 0 Å². The molecule has 2 heterocycles. The van der Waals surface area contributed by atoms with Gasteiger partial charge < -0.3 is 20.3 Å². The van der Waals surface area contributed by atoms with E-state index in [1.54, 1.807) is 22.4 Å². The maximum absolute atomic E-state index is 13.0. The summed E-state index contributed by atoms with van der Waals surface area (Å²) in [6, 6.07) is 7.34. The van der Waals surface area contributed by atoms with Crippen LogP contribution in [0.3, 0.4) is 0 Å². The fourth-order valence-electron chi connectivity index (χ4n) is 3.90. The third-order valence-corrected chi connectivity index (χ3v) is 6.53. The lowest BCUT2D eigenvalue weighted by atomic mass is 10.1. The zero-order valence-electron chi connectivity index (χ0n) is 21.4. The van der Waals surface area contributed by atoms with Crippen LogP contribution in [0.1, 0.15) is 41.9 Å². The standard InChI is InChI=1S/C26H37N5O4S/c1-19(2)16-31(25(34)21-7-5-20(3)6-8-21)17-24(33)29-26-28-22(18-36-26)15-23(32)27-9-4-10-30-11-13-35-14-12-30/h5-8,18-19H,4,9-17H2,1-3H3,(H,27,32)(H,28,29,33). The fraction of sp³-hybridized carbons (Fsp3) is 0.538. The molecule has 0 unspecified atom stereocenters. The van der Waals surface area contributed by atoms with Gasteiger partial charge in [-0.3, -0.25) is 19.3 Å².